The molecule has 0 aliphatic rings. The van der Waals surface area contributed by atoms with Gasteiger partial charge in [0.25, 0.3) is 0 Å². The van der Waals surface area contributed by atoms with Crippen LogP contribution in [-0.2, 0) is 0 Å². The van der Waals surface area contributed by atoms with Crippen molar-refractivity contribution in [2.45, 2.75) is 0 Å². The molecule has 0 amide bonds. The maximum atomic E-state index is 2.48. The summed E-state index contributed by atoms with van der Waals surface area (Å²) in [4.78, 5) is 0. The van der Waals surface area contributed by atoms with Crippen molar-refractivity contribution < 1.29 is 0 Å². The summed E-state index contributed by atoms with van der Waals surface area (Å²) in [5.74, 6) is 0. The van der Waals surface area contributed by atoms with Gasteiger partial charge in [-0.1, -0.05) is 200 Å². The van der Waals surface area contributed by atoms with Gasteiger partial charge in [0, 0.05) is 16.5 Å². The Hall–Kier alpha value is -8.52. The molecule has 0 aliphatic carbocycles. The van der Waals surface area contributed by atoms with Crippen molar-refractivity contribution in [2.24, 2.45) is 0 Å². The highest BCUT2D eigenvalue weighted by Crippen LogP contribution is 2.50. The lowest BCUT2D eigenvalue weighted by molar-refractivity contribution is 1.18. The monoisotopic (exact) mass is 821 g/mol. The fraction of sp³-hybridized carbons (Fsp3) is 0. The van der Waals surface area contributed by atoms with Gasteiger partial charge in [-0.05, 0) is 146 Å². The Morgan fingerprint density at radius 2 is 0.569 bits per heavy atom. The molecule has 13 aromatic carbocycles. The molecular weight excluding hydrogens is 783 g/mol. The molecule has 0 fully saturated rings. The summed E-state index contributed by atoms with van der Waals surface area (Å²) < 4.78 is 2.43. The van der Waals surface area contributed by atoms with Gasteiger partial charge in [-0.2, -0.15) is 0 Å². The molecule has 300 valence electrons. The van der Waals surface area contributed by atoms with E-state index < -0.39 is 0 Å². The zero-order valence-corrected chi connectivity index (χ0v) is 35.5. The first kappa shape index (κ1) is 36.0. The fourth-order valence-corrected chi connectivity index (χ4v) is 11.3. The Morgan fingerprint density at radius 1 is 0.215 bits per heavy atom. The Labute approximate surface area is 376 Å². The first-order valence-electron chi connectivity index (χ1n) is 22.6. The van der Waals surface area contributed by atoms with E-state index in [0.717, 1.165) is 5.69 Å². The molecular formula is C64H39N. The number of rotatable bonds is 5. The van der Waals surface area contributed by atoms with Gasteiger partial charge in [-0.3, -0.25) is 0 Å². The predicted molar refractivity (Wildman–Crippen MR) is 279 cm³/mol. The van der Waals surface area contributed by atoms with E-state index >= 15 is 0 Å². The Kier molecular flexibility index (Phi) is 7.75. The standard InChI is InChI=1S/C64H39N/c1-4-23-45-40(15-1)18-12-28-48(45)58-38-57(43-21-11-22-44(37-43)65-61-31-9-7-26-51(61)52-27-8-10-32-62(52)65)53-33-34-55-59(49-29-13-19-41-16-2-5-24-46(41)49)39-60(56-36-35-54(58)63(53)64(55)56)50-30-14-20-42-17-3-6-25-47(42)50/h1-39H. The molecule has 0 saturated heterocycles. The number of hydrogen-bond donors (Lipinski definition) is 0. The van der Waals surface area contributed by atoms with E-state index in [9.17, 15) is 0 Å². The molecule has 1 nitrogen and oxygen atoms in total. The van der Waals surface area contributed by atoms with Crippen LogP contribution in [0, 0.1) is 0 Å². The smallest absolute Gasteiger partial charge is 0.0541 e. The molecule has 0 bridgehead atoms. The Morgan fingerprint density at radius 3 is 1.03 bits per heavy atom. The van der Waals surface area contributed by atoms with Crippen LogP contribution in [0.15, 0.2) is 237 Å². The van der Waals surface area contributed by atoms with Gasteiger partial charge in [-0.25, -0.2) is 0 Å². The highest BCUT2D eigenvalue weighted by Gasteiger charge is 2.23. The summed E-state index contributed by atoms with van der Waals surface area (Å²) in [7, 11) is 0. The van der Waals surface area contributed by atoms with Gasteiger partial charge < -0.3 is 4.57 Å². The van der Waals surface area contributed by atoms with Crippen LogP contribution in [-0.4, -0.2) is 4.57 Å². The second-order valence-corrected chi connectivity index (χ2v) is 17.5. The third kappa shape index (κ3) is 5.33. The molecule has 0 spiro atoms. The minimum absolute atomic E-state index is 1.15. The largest absolute Gasteiger partial charge is 0.309 e. The van der Waals surface area contributed by atoms with Gasteiger partial charge in [-0.15, -0.1) is 0 Å². The van der Waals surface area contributed by atoms with Crippen LogP contribution in [0.5, 0.6) is 0 Å². The van der Waals surface area contributed by atoms with Crippen molar-refractivity contribution in [3.63, 3.8) is 0 Å². The van der Waals surface area contributed by atoms with Crippen molar-refractivity contribution in [2.75, 3.05) is 0 Å². The molecule has 0 radical (unpaired) electrons. The van der Waals surface area contributed by atoms with Crippen LogP contribution in [0.4, 0.5) is 0 Å². The van der Waals surface area contributed by atoms with Crippen molar-refractivity contribution in [3.05, 3.63) is 237 Å². The summed E-state index contributed by atoms with van der Waals surface area (Å²) in [6.07, 6.45) is 0. The van der Waals surface area contributed by atoms with E-state index in [1.54, 1.807) is 0 Å². The van der Waals surface area contributed by atoms with E-state index in [-0.39, 0.29) is 0 Å². The van der Waals surface area contributed by atoms with Gasteiger partial charge in [0.1, 0.15) is 0 Å². The first-order chi connectivity index (χ1) is 32.3. The Balaban J connectivity index is 1.14. The SMILES string of the molecule is c1cc(-c2cc(-c3cccc4ccccc34)c3ccc4c(-c5cccc6ccccc56)cc(-c5cccc6ccccc56)c5ccc2c3c54)cc(-n2c3ccccc3c3ccccc32)c1. The fourth-order valence-electron chi connectivity index (χ4n) is 11.3. The molecule has 0 saturated carbocycles. The van der Waals surface area contributed by atoms with E-state index in [2.05, 4.69) is 241 Å². The molecule has 0 atom stereocenters. The Bertz CT molecular complexity index is 4070. The average molecular weight is 822 g/mol. The molecule has 1 aromatic heterocycles. The number of nitrogens with zero attached hydrogens (tertiary/aromatic N) is 1. The predicted octanol–water partition coefficient (Wildman–Crippen LogP) is 17.8. The summed E-state index contributed by atoms with van der Waals surface area (Å²) >= 11 is 0. The topological polar surface area (TPSA) is 4.93 Å². The second kappa shape index (κ2) is 14.0. The molecule has 0 N–H and O–H groups in total. The quantitative estimate of drug-likeness (QED) is 0.152. The van der Waals surface area contributed by atoms with Crippen LogP contribution in [0.2, 0.25) is 0 Å². The molecule has 1 heterocycles. The van der Waals surface area contributed by atoms with Gasteiger partial charge >= 0.3 is 0 Å². The highest BCUT2D eigenvalue weighted by molar-refractivity contribution is 6.33. The summed E-state index contributed by atoms with van der Waals surface area (Å²) in [6.45, 7) is 0. The van der Waals surface area contributed by atoms with E-state index in [1.165, 1.54) is 131 Å². The molecule has 0 aliphatic heterocycles. The van der Waals surface area contributed by atoms with Crippen LogP contribution in [0.1, 0.15) is 0 Å². The van der Waals surface area contributed by atoms with Crippen LogP contribution >= 0.6 is 0 Å². The van der Waals surface area contributed by atoms with Gasteiger partial charge in [0.15, 0.2) is 0 Å². The average Bonchev–Trinajstić information content (AvgIpc) is 3.71. The van der Waals surface area contributed by atoms with E-state index in [1.807, 2.05) is 0 Å². The van der Waals surface area contributed by atoms with Crippen LogP contribution in [0.3, 0.4) is 0 Å². The number of para-hydroxylation sites is 2. The normalized spacial score (nSPS) is 12.0. The van der Waals surface area contributed by atoms with Crippen LogP contribution < -0.4 is 0 Å². The molecule has 14 aromatic rings. The zero-order valence-electron chi connectivity index (χ0n) is 35.5. The van der Waals surface area contributed by atoms with Gasteiger partial charge in [0.2, 0.25) is 0 Å². The minimum atomic E-state index is 1.15. The van der Waals surface area contributed by atoms with Gasteiger partial charge in [0.05, 0.1) is 11.0 Å². The second-order valence-electron chi connectivity index (χ2n) is 17.5. The third-order valence-electron chi connectivity index (χ3n) is 14.1. The highest BCUT2D eigenvalue weighted by atomic mass is 15.0. The van der Waals surface area contributed by atoms with E-state index in [0.29, 0.717) is 0 Å². The molecule has 0 unspecified atom stereocenters. The number of aromatic nitrogens is 1. The lowest BCUT2D eigenvalue weighted by Gasteiger charge is -2.23. The maximum absolute atomic E-state index is 2.48. The minimum Gasteiger partial charge on any atom is -0.309 e. The summed E-state index contributed by atoms with van der Waals surface area (Å²) in [5.41, 5.74) is 13.4. The molecule has 14 rings (SSSR count). The molecule has 1 heteroatoms. The number of hydrogen-bond acceptors (Lipinski definition) is 0. The van der Waals surface area contributed by atoms with Crippen molar-refractivity contribution >= 4 is 86.4 Å². The number of fused-ring (bicyclic) bond motifs is 6. The maximum Gasteiger partial charge on any atom is 0.0541 e. The molecule has 65 heavy (non-hydrogen) atoms. The lowest BCUT2D eigenvalue weighted by Crippen LogP contribution is -1.96. The summed E-state index contributed by atoms with van der Waals surface area (Å²) in [5, 5.41) is 17.6. The zero-order chi connectivity index (χ0) is 42.6. The lowest BCUT2D eigenvalue weighted by atomic mass is 9.80. The van der Waals surface area contributed by atoms with Crippen LogP contribution in [0.25, 0.3) is 137 Å². The third-order valence-corrected chi connectivity index (χ3v) is 14.1. The van der Waals surface area contributed by atoms with Crippen molar-refractivity contribution in [1.82, 2.24) is 4.57 Å². The number of benzene rings is 13. The van der Waals surface area contributed by atoms with Crippen molar-refractivity contribution in [1.29, 1.82) is 0 Å². The summed E-state index contributed by atoms with van der Waals surface area (Å²) in [6, 6.07) is 88.1. The van der Waals surface area contributed by atoms with E-state index in [4.69, 9.17) is 0 Å². The first-order valence-corrected chi connectivity index (χ1v) is 22.6. The van der Waals surface area contributed by atoms with Crippen molar-refractivity contribution in [3.8, 4) is 50.2 Å².